The number of rotatable bonds is 8. The number of carboxylic acids is 1. The lowest BCUT2D eigenvalue weighted by Crippen LogP contribution is -2.25. The van der Waals surface area contributed by atoms with Gasteiger partial charge in [0, 0.05) is 35.6 Å². The van der Waals surface area contributed by atoms with Gasteiger partial charge in [-0.05, 0) is 29.8 Å². The third-order valence-corrected chi connectivity index (χ3v) is 5.15. The van der Waals surface area contributed by atoms with Gasteiger partial charge in [-0.1, -0.05) is 30.3 Å². The Balaban J connectivity index is 1.74. The van der Waals surface area contributed by atoms with Crippen molar-refractivity contribution >= 4 is 28.7 Å². The molecule has 166 valence electrons. The number of fused-ring (bicyclic) bond motifs is 1. The fraction of sp³-hybridized carbons (Fsp3) is 0.125. The van der Waals surface area contributed by atoms with Crippen LogP contribution in [0.25, 0.3) is 22.4 Å². The molecule has 9 nitrogen and oxygen atoms in total. The minimum atomic E-state index is -0.972. The first-order chi connectivity index (χ1) is 15.9. The minimum absolute atomic E-state index is 0.0102. The predicted octanol–water partition coefficient (Wildman–Crippen LogP) is 2.64. The molecule has 0 aliphatic heterocycles. The van der Waals surface area contributed by atoms with Crippen molar-refractivity contribution in [1.29, 1.82) is 5.41 Å². The van der Waals surface area contributed by atoms with Gasteiger partial charge in [-0.2, -0.15) is 0 Å². The van der Waals surface area contributed by atoms with E-state index >= 15 is 0 Å². The molecule has 5 N–H and O–H groups in total. The second kappa shape index (κ2) is 9.31. The van der Waals surface area contributed by atoms with E-state index in [2.05, 4.69) is 10.3 Å². The van der Waals surface area contributed by atoms with Crippen molar-refractivity contribution in [2.45, 2.75) is 13.0 Å². The van der Waals surface area contributed by atoms with E-state index in [-0.39, 0.29) is 24.7 Å². The van der Waals surface area contributed by atoms with Gasteiger partial charge < -0.3 is 20.7 Å². The number of benzene rings is 2. The van der Waals surface area contributed by atoms with E-state index in [0.717, 1.165) is 16.6 Å². The Morgan fingerprint density at radius 1 is 1.09 bits per heavy atom. The molecule has 0 atom stereocenters. The molecule has 2 heterocycles. The number of nitrogens with zero attached hydrogens (tertiary/aromatic N) is 3. The number of carboxylic acid groups (broad SMARTS) is 1. The van der Waals surface area contributed by atoms with Gasteiger partial charge in [0.15, 0.2) is 0 Å². The SMILES string of the molecule is N=C(N)c1ccc(-c2nc3cc(C(=O)NCCC(=O)O)ccc3n2Cc2cccnc2)cc1. The first-order valence-electron chi connectivity index (χ1n) is 10.3. The average Bonchev–Trinajstić information content (AvgIpc) is 3.17. The summed E-state index contributed by atoms with van der Waals surface area (Å²) in [5.41, 5.74) is 9.91. The van der Waals surface area contributed by atoms with Gasteiger partial charge in [0.05, 0.1) is 24.0 Å². The molecule has 0 unspecified atom stereocenters. The number of hydrogen-bond acceptors (Lipinski definition) is 5. The minimum Gasteiger partial charge on any atom is -0.481 e. The molecule has 4 rings (SSSR count). The summed E-state index contributed by atoms with van der Waals surface area (Å²) < 4.78 is 2.04. The van der Waals surface area contributed by atoms with Crippen LogP contribution in [0.5, 0.6) is 0 Å². The number of aromatic nitrogens is 3. The van der Waals surface area contributed by atoms with Gasteiger partial charge in [-0.25, -0.2) is 4.98 Å². The quantitative estimate of drug-likeness (QED) is 0.244. The summed E-state index contributed by atoms with van der Waals surface area (Å²) in [7, 11) is 0. The van der Waals surface area contributed by atoms with Crippen molar-refractivity contribution < 1.29 is 14.7 Å². The lowest BCUT2D eigenvalue weighted by Gasteiger charge is -2.10. The molecule has 0 saturated carbocycles. The molecule has 0 fully saturated rings. The maximum Gasteiger partial charge on any atom is 0.305 e. The number of carbonyl (C=O) groups is 2. The van der Waals surface area contributed by atoms with Crippen LogP contribution in [0.3, 0.4) is 0 Å². The van der Waals surface area contributed by atoms with Crippen LogP contribution in [0.4, 0.5) is 0 Å². The second-order valence-electron chi connectivity index (χ2n) is 7.48. The Labute approximate surface area is 189 Å². The zero-order valence-electron chi connectivity index (χ0n) is 17.7. The largest absolute Gasteiger partial charge is 0.481 e. The number of carbonyl (C=O) groups excluding carboxylic acids is 1. The summed E-state index contributed by atoms with van der Waals surface area (Å²) in [5.74, 6) is -0.635. The molecule has 0 bridgehead atoms. The fourth-order valence-electron chi connectivity index (χ4n) is 3.51. The van der Waals surface area contributed by atoms with E-state index in [1.54, 1.807) is 36.7 Å². The molecule has 0 saturated heterocycles. The number of amidine groups is 1. The highest BCUT2D eigenvalue weighted by Crippen LogP contribution is 2.27. The van der Waals surface area contributed by atoms with Crippen LogP contribution in [0.2, 0.25) is 0 Å². The molecule has 2 aromatic carbocycles. The van der Waals surface area contributed by atoms with Crippen molar-refractivity contribution in [3.05, 3.63) is 83.7 Å². The van der Waals surface area contributed by atoms with Crippen LogP contribution in [-0.2, 0) is 11.3 Å². The first kappa shape index (κ1) is 21.7. The molecule has 0 aliphatic carbocycles. The zero-order chi connectivity index (χ0) is 23.4. The maximum absolute atomic E-state index is 12.4. The number of hydrogen-bond donors (Lipinski definition) is 4. The highest BCUT2D eigenvalue weighted by molar-refractivity contribution is 5.98. The molecule has 1 amide bonds. The number of nitrogens with one attached hydrogen (secondary N) is 2. The summed E-state index contributed by atoms with van der Waals surface area (Å²) in [6.07, 6.45) is 3.36. The Morgan fingerprint density at radius 3 is 2.52 bits per heavy atom. The lowest BCUT2D eigenvalue weighted by atomic mass is 10.1. The summed E-state index contributed by atoms with van der Waals surface area (Å²) >= 11 is 0. The first-order valence-corrected chi connectivity index (χ1v) is 10.3. The normalized spacial score (nSPS) is 10.8. The van der Waals surface area contributed by atoms with Crippen LogP contribution in [0.15, 0.2) is 67.0 Å². The van der Waals surface area contributed by atoms with Gasteiger partial charge in [0.2, 0.25) is 0 Å². The standard InChI is InChI=1S/C24H22N6O3/c25-22(26)16-3-5-17(6-4-16)23-29-19-12-18(24(33)28-11-9-21(31)32)7-8-20(19)30(23)14-15-2-1-10-27-13-15/h1-8,10,12-13H,9,11,14H2,(H3,25,26)(H,28,33)(H,31,32). The Bertz CT molecular complexity index is 1330. The lowest BCUT2D eigenvalue weighted by molar-refractivity contribution is -0.136. The van der Waals surface area contributed by atoms with E-state index in [1.165, 1.54) is 0 Å². The maximum atomic E-state index is 12.4. The molecule has 0 spiro atoms. The Kier molecular flexibility index (Phi) is 6.12. The van der Waals surface area contributed by atoms with Gasteiger partial charge in [-0.15, -0.1) is 0 Å². The third kappa shape index (κ3) is 4.87. The van der Waals surface area contributed by atoms with Crippen molar-refractivity contribution in [2.24, 2.45) is 5.73 Å². The van der Waals surface area contributed by atoms with E-state index in [0.29, 0.717) is 29.0 Å². The molecule has 9 heteroatoms. The Morgan fingerprint density at radius 2 is 1.85 bits per heavy atom. The monoisotopic (exact) mass is 442 g/mol. The third-order valence-electron chi connectivity index (χ3n) is 5.15. The molecular formula is C24H22N6O3. The predicted molar refractivity (Wildman–Crippen MR) is 124 cm³/mol. The van der Waals surface area contributed by atoms with Crippen LogP contribution >= 0.6 is 0 Å². The molecule has 33 heavy (non-hydrogen) atoms. The van der Waals surface area contributed by atoms with E-state index in [1.807, 2.05) is 34.9 Å². The number of amides is 1. The van der Waals surface area contributed by atoms with Gasteiger partial charge in [0.1, 0.15) is 11.7 Å². The number of nitrogen functional groups attached to an aromatic ring is 1. The Hall–Kier alpha value is -4.53. The van der Waals surface area contributed by atoms with Crippen molar-refractivity contribution in [3.63, 3.8) is 0 Å². The van der Waals surface area contributed by atoms with Crippen LogP contribution in [0.1, 0.15) is 27.9 Å². The molecule has 0 radical (unpaired) electrons. The van der Waals surface area contributed by atoms with Crippen molar-refractivity contribution in [3.8, 4) is 11.4 Å². The topological polar surface area (TPSA) is 147 Å². The van der Waals surface area contributed by atoms with E-state index < -0.39 is 5.97 Å². The number of aliphatic carboxylic acids is 1. The summed E-state index contributed by atoms with van der Waals surface area (Å²) in [5, 5.41) is 19.0. The molecular weight excluding hydrogens is 420 g/mol. The van der Waals surface area contributed by atoms with Gasteiger partial charge >= 0.3 is 5.97 Å². The summed E-state index contributed by atoms with van der Waals surface area (Å²) in [6, 6.07) is 16.3. The molecule has 4 aromatic rings. The van der Waals surface area contributed by atoms with Crippen LogP contribution < -0.4 is 11.1 Å². The van der Waals surface area contributed by atoms with Crippen molar-refractivity contribution in [2.75, 3.05) is 6.54 Å². The molecule has 2 aromatic heterocycles. The highest BCUT2D eigenvalue weighted by atomic mass is 16.4. The number of imidazole rings is 1. The number of pyridine rings is 1. The average molecular weight is 442 g/mol. The van der Waals surface area contributed by atoms with Gasteiger partial charge in [-0.3, -0.25) is 20.0 Å². The number of nitrogens with two attached hydrogens (primary N) is 1. The van der Waals surface area contributed by atoms with Crippen LogP contribution in [0, 0.1) is 5.41 Å². The smallest absolute Gasteiger partial charge is 0.305 e. The van der Waals surface area contributed by atoms with E-state index in [4.69, 9.17) is 21.2 Å². The summed E-state index contributed by atoms with van der Waals surface area (Å²) in [6.45, 7) is 0.577. The van der Waals surface area contributed by atoms with Crippen LogP contribution in [-0.4, -0.2) is 43.9 Å². The van der Waals surface area contributed by atoms with Gasteiger partial charge in [0.25, 0.3) is 5.91 Å². The zero-order valence-corrected chi connectivity index (χ0v) is 17.7. The molecule has 0 aliphatic rings. The highest BCUT2D eigenvalue weighted by Gasteiger charge is 2.16. The second-order valence-corrected chi connectivity index (χ2v) is 7.48. The van der Waals surface area contributed by atoms with Crippen molar-refractivity contribution in [1.82, 2.24) is 19.9 Å². The summed E-state index contributed by atoms with van der Waals surface area (Å²) in [4.78, 5) is 32.1. The van der Waals surface area contributed by atoms with E-state index in [9.17, 15) is 9.59 Å². The fourth-order valence-corrected chi connectivity index (χ4v) is 3.51.